The van der Waals surface area contributed by atoms with E-state index < -0.39 is 0 Å². The molecule has 2 saturated heterocycles. The van der Waals surface area contributed by atoms with E-state index in [-0.39, 0.29) is 24.3 Å². The fourth-order valence-corrected chi connectivity index (χ4v) is 1.71. The Balaban J connectivity index is 1.98. The Morgan fingerprint density at radius 2 is 2.50 bits per heavy atom. The van der Waals surface area contributed by atoms with E-state index in [1.807, 2.05) is 6.92 Å². The topological polar surface area (TPSA) is 44.8 Å². The molecule has 0 radical (unpaired) electrons. The molecule has 0 aromatic rings. The first kappa shape index (κ1) is 8.01. The second-order valence-corrected chi connectivity index (χ2v) is 3.05. The number of rotatable bonds is 2. The molecule has 12 heavy (non-hydrogen) atoms. The summed E-state index contributed by atoms with van der Waals surface area (Å²) in [6, 6.07) is 0. The highest BCUT2D eigenvalue weighted by molar-refractivity contribution is 5.72. The number of hydrogen-bond acceptors (Lipinski definition) is 4. The molecule has 68 valence electrons. The Labute approximate surface area is 70.8 Å². The Morgan fingerprint density at radius 1 is 1.67 bits per heavy atom. The monoisotopic (exact) mass is 172 g/mol. The SMILES string of the molecule is CCO[C@H]1OC[C@H]2OC(=O)C[C@@H]12. The van der Waals surface area contributed by atoms with Crippen molar-refractivity contribution in [1.29, 1.82) is 0 Å². The van der Waals surface area contributed by atoms with Crippen molar-refractivity contribution in [1.82, 2.24) is 0 Å². The van der Waals surface area contributed by atoms with Gasteiger partial charge in [0.2, 0.25) is 0 Å². The van der Waals surface area contributed by atoms with Crippen LogP contribution in [0.3, 0.4) is 0 Å². The lowest BCUT2D eigenvalue weighted by molar-refractivity contribution is -0.148. The number of esters is 1. The number of fused-ring (bicyclic) bond motifs is 1. The van der Waals surface area contributed by atoms with Crippen molar-refractivity contribution in [2.75, 3.05) is 13.2 Å². The van der Waals surface area contributed by atoms with Gasteiger partial charge in [0.05, 0.1) is 18.9 Å². The number of carbonyl (C=O) groups is 1. The number of hydrogen-bond donors (Lipinski definition) is 0. The fraction of sp³-hybridized carbons (Fsp3) is 0.875. The zero-order valence-corrected chi connectivity index (χ0v) is 6.99. The van der Waals surface area contributed by atoms with Crippen molar-refractivity contribution in [3.8, 4) is 0 Å². The average Bonchev–Trinajstić information content (AvgIpc) is 2.52. The molecule has 2 heterocycles. The first-order valence-corrected chi connectivity index (χ1v) is 4.24. The second-order valence-electron chi connectivity index (χ2n) is 3.05. The molecule has 4 heteroatoms. The molecule has 4 nitrogen and oxygen atoms in total. The molecule has 2 aliphatic heterocycles. The molecule has 0 aliphatic carbocycles. The molecule has 2 rings (SSSR count). The van der Waals surface area contributed by atoms with Crippen LogP contribution in [0, 0.1) is 5.92 Å². The van der Waals surface area contributed by atoms with Crippen LogP contribution in [-0.4, -0.2) is 31.6 Å². The maximum absolute atomic E-state index is 10.9. The van der Waals surface area contributed by atoms with E-state index in [9.17, 15) is 4.79 Å². The molecular weight excluding hydrogens is 160 g/mol. The van der Waals surface area contributed by atoms with Gasteiger partial charge in [0.25, 0.3) is 0 Å². The Morgan fingerprint density at radius 3 is 3.25 bits per heavy atom. The van der Waals surface area contributed by atoms with Crippen LogP contribution < -0.4 is 0 Å². The minimum Gasteiger partial charge on any atom is -0.459 e. The first-order chi connectivity index (χ1) is 5.81. The van der Waals surface area contributed by atoms with Crippen LogP contribution in [0.4, 0.5) is 0 Å². The zero-order valence-electron chi connectivity index (χ0n) is 6.99. The van der Waals surface area contributed by atoms with Gasteiger partial charge in [-0.25, -0.2) is 0 Å². The Bertz CT molecular complexity index is 189. The van der Waals surface area contributed by atoms with Crippen molar-refractivity contribution < 1.29 is 19.0 Å². The van der Waals surface area contributed by atoms with Crippen LogP contribution in [0.25, 0.3) is 0 Å². The van der Waals surface area contributed by atoms with Crippen molar-refractivity contribution in [2.45, 2.75) is 25.7 Å². The molecule has 0 saturated carbocycles. The van der Waals surface area contributed by atoms with Crippen LogP contribution in [0.15, 0.2) is 0 Å². The molecule has 0 bridgehead atoms. The van der Waals surface area contributed by atoms with Gasteiger partial charge in [0.15, 0.2) is 6.29 Å². The van der Waals surface area contributed by atoms with Crippen LogP contribution in [0.1, 0.15) is 13.3 Å². The lowest BCUT2D eigenvalue weighted by Crippen LogP contribution is -2.22. The van der Waals surface area contributed by atoms with Crippen LogP contribution in [-0.2, 0) is 19.0 Å². The van der Waals surface area contributed by atoms with Crippen molar-refractivity contribution in [3.63, 3.8) is 0 Å². The summed E-state index contributed by atoms with van der Waals surface area (Å²) < 4.78 is 15.6. The highest BCUT2D eigenvalue weighted by Gasteiger charge is 2.46. The first-order valence-electron chi connectivity index (χ1n) is 4.24. The maximum atomic E-state index is 10.9. The van der Waals surface area contributed by atoms with Gasteiger partial charge in [0, 0.05) is 6.61 Å². The van der Waals surface area contributed by atoms with E-state index in [2.05, 4.69) is 0 Å². The maximum Gasteiger partial charge on any atom is 0.306 e. The van der Waals surface area contributed by atoms with Gasteiger partial charge in [0.1, 0.15) is 6.10 Å². The molecule has 0 aromatic carbocycles. The third-order valence-corrected chi connectivity index (χ3v) is 2.27. The van der Waals surface area contributed by atoms with Gasteiger partial charge in [-0.15, -0.1) is 0 Å². The molecule has 0 unspecified atom stereocenters. The summed E-state index contributed by atoms with van der Waals surface area (Å²) in [6.45, 7) is 3.01. The van der Waals surface area contributed by atoms with E-state index in [1.165, 1.54) is 0 Å². The molecule has 2 fully saturated rings. The van der Waals surface area contributed by atoms with E-state index in [1.54, 1.807) is 0 Å². The Hall–Kier alpha value is -0.610. The summed E-state index contributed by atoms with van der Waals surface area (Å²) in [4.78, 5) is 10.9. The predicted molar refractivity (Wildman–Crippen MR) is 39.4 cm³/mol. The average molecular weight is 172 g/mol. The van der Waals surface area contributed by atoms with Gasteiger partial charge >= 0.3 is 5.97 Å². The zero-order chi connectivity index (χ0) is 8.55. The molecule has 3 atom stereocenters. The third kappa shape index (κ3) is 1.21. The summed E-state index contributed by atoms with van der Waals surface area (Å²) in [5.41, 5.74) is 0. The van der Waals surface area contributed by atoms with Crippen LogP contribution in [0.5, 0.6) is 0 Å². The van der Waals surface area contributed by atoms with E-state index in [0.29, 0.717) is 19.6 Å². The lowest BCUT2D eigenvalue weighted by Gasteiger charge is -2.13. The molecular formula is C8H12O4. The lowest BCUT2D eigenvalue weighted by atomic mass is 10.0. The smallest absolute Gasteiger partial charge is 0.306 e. The normalized spacial score (nSPS) is 39.8. The molecule has 0 aromatic heterocycles. The summed E-state index contributed by atoms with van der Waals surface area (Å²) in [6.07, 6.45) is 0.149. The quantitative estimate of drug-likeness (QED) is 0.562. The highest BCUT2D eigenvalue weighted by Crippen LogP contribution is 2.33. The molecule has 0 N–H and O–H groups in total. The van der Waals surface area contributed by atoms with Crippen molar-refractivity contribution >= 4 is 5.97 Å². The van der Waals surface area contributed by atoms with Crippen molar-refractivity contribution in [3.05, 3.63) is 0 Å². The second kappa shape index (κ2) is 3.03. The summed E-state index contributed by atoms with van der Waals surface area (Å²) in [7, 11) is 0. The Kier molecular flexibility index (Phi) is 2.02. The minimum absolute atomic E-state index is 0.0611. The van der Waals surface area contributed by atoms with Gasteiger partial charge < -0.3 is 14.2 Å². The van der Waals surface area contributed by atoms with Gasteiger partial charge in [-0.3, -0.25) is 4.79 Å². The van der Waals surface area contributed by atoms with Gasteiger partial charge in [-0.2, -0.15) is 0 Å². The van der Waals surface area contributed by atoms with Crippen LogP contribution in [0.2, 0.25) is 0 Å². The van der Waals surface area contributed by atoms with Gasteiger partial charge in [-0.1, -0.05) is 0 Å². The molecule has 0 amide bonds. The molecule has 0 spiro atoms. The van der Waals surface area contributed by atoms with Gasteiger partial charge in [-0.05, 0) is 6.92 Å². The highest BCUT2D eigenvalue weighted by atomic mass is 16.7. The van der Waals surface area contributed by atoms with E-state index in [0.717, 1.165) is 0 Å². The fourth-order valence-electron chi connectivity index (χ4n) is 1.71. The number of carbonyl (C=O) groups excluding carboxylic acids is 1. The standard InChI is InChI=1S/C8H12O4/c1-2-10-8-5-3-7(9)12-6(5)4-11-8/h5-6,8H,2-4H2,1H3/t5-,6-,8+/m1/s1. The summed E-state index contributed by atoms with van der Waals surface area (Å²) in [5, 5.41) is 0. The van der Waals surface area contributed by atoms with E-state index in [4.69, 9.17) is 14.2 Å². The minimum atomic E-state index is -0.230. The third-order valence-electron chi connectivity index (χ3n) is 2.27. The summed E-state index contributed by atoms with van der Waals surface area (Å²) >= 11 is 0. The number of ether oxygens (including phenoxy) is 3. The summed E-state index contributed by atoms with van der Waals surface area (Å²) in [5.74, 6) is -0.00421. The largest absolute Gasteiger partial charge is 0.459 e. The molecule has 2 aliphatic rings. The van der Waals surface area contributed by atoms with Crippen LogP contribution >= 0.6 is 0 Å². The van der Waals surface area contributed by atoms with E-state index >= 15 is 0 Å². The predicted octanol–water partition coefficient (Wildman–Crippen LogP) is 0.311. The van der Waals surface area contributed by atoms with Crippen molar-refractivity contribution in [2.24, 2.45) is 5.92 Å².